The van der Waals surface area contributed by atoms with Gasteiger partial charge < -0.3 is 9.72 Å². The zero-order valence-corrected chi connectivity index (χ0v) is 11.3. The number of aromatic amines is 1. The van der Waals surface area contributed by atoms with Crippen LogP contribution < -0.4 is 10.4 Å². The average Bonchev–Trinajstić information content (AvgIpc) is 2.41. The number of unbranched alkanes of at least 4 members (excludes halogenated alkanes) is 1. The number of H-pyrrole nitrogens is 1. The molecule has 1 aromatic heterocycles. The molecular formula is C15H18N2O2. The molecule has 1 heterocycles. The first kappa shape index (κ1) is 13.3. The molecule has 4 heteroatoms. The normalized spacial score (nSPS) is 10.4. The summed E-state index contributed by atoms with van der Waals surface area (Å²) in [6, 6.07) is 6.02. The first-order valence-corrected chi connectivity index (χ1v) is 6.49. The summed E-state index contributed by atoms with van der Waals surface area (Å²) in [6.45, 7) is 4.85. The topological polar surface area (TPSA) is 55.0 Å². The predicted octanol–water partition coefficient (Wildman–Crippen LogP) is 2.92. The molecule has 100 valence electrons. The van der Waals surface area contributed by atoms with Crippen molar-refractivity contribution in [1.29, 1.82) is 0 Å². The molecule has 0 aliphatic heterocycles. The van der Waals surface area contributed by atoms with Crippen LogP contribution in [0.25, 0.3) is 11.1 Å². The van der Waals surface area contributed by atoms with E-state index >= 15 is 0 Å². The minimum absolute atomic E-state index is 0.343. The van der Waals surface area contributed by atoms with Crippen LogP contribution in [0.1, 0.15) is 25.3 Å². The highest BCUT2D eigenvalue weighted by atomic mass is 16.5. The summed E-state index contributed by atoms with van der Waals surface area (Å²) in [5.41, 5.74) is 2.61. The molecule has 4 nitrogen and oxygen atoms in total. The lowest BCUT2D eigenvalue weighted by atomic mass is 10.1. The summed E-state index contributed by atoms with van der Waals surface area (Å²) in [5.74, 6) is 0.827. The highest BCUT2D eigenvalue weighted by Gasteiger charge is 2.07. The van der Waals surface area contributed by atoms with E-state index in [1.54, 1.807) is 12.4 Å². The van der Waals surface area contributed by atoms with Crippen molar-refractivity contribution < 1.29 is 4.74 Å². The zero-order chi connectivity index (χ0) is 13.7. The Kier molecular flexibility index (Phi) is 4.34. The van der Waals surface area contributed by atoms with Crippen LogP contribution >= 0.6 is 0 Å². The fourth-order valence-electron chi connectivity index (χ4n) is 1.81. The van der Waals surface area contributed by atoms with Gasteiger partial charge in [0.2, 0.25) is 0 Å². The third-order valence-electron chi connectivity index (χ3n) is 2.87. The summed E-state index contributed by atoms with van der Waals surface area (Å²) in [7, 11) is 0. The molecule has 0 radical (unpaired) electrons. The quantitative estimate of drug-likeness (QED) is 0.839. The fraction of sp³-hybridized carbons (Fsp3) is 0.333. The van der Waals surface area contributed by atoms with Gasteiger partial charge in [-0.05, 0) is 25.5 Å². The van der Waals surface area contributed by atoms with Gasteiger partial charge in [-0.3, -0.25) is 0 Å². The molecule has 19 heavy (non-hydrogen) atoms. The van der Waals surface area contributed by atoms with Gasteiger partial charge in [0, 0.05) is 23.5 Å². The monoisotopic (exact) mass is 258 g/mol. The van der Waals surface area contributed by atoms with Crippen LogP contribution in [0.4, 0.5) is 0 Å². The van der Waals surface area contributed by atoms with E-state index in [9.17, 15) is 4.79 Å². The Balaban J connectivity index is 2.33. The van der Waals surface area contributed by atoms with Crippen molar-refractivity contribution in [3.05, 3.63) is 46.6 Å². The predicted molar refractivity (Wildman–Crippen MR) is 75.4 cm³/mol. The first-order valence-electron chi connectivity index (χ1n) is 6.49. The largest absolute Gasteiger partial charge is 0.493 e. The molecule has 0 atom stereocenters. The number of hydrogen-bond donors (Lipinski definition) is 1. The summed E-state index contributed by atoms with van der Waals surface area (Å²) in [4.78, 5) is 17.4. The van der Waals surface area contributed by atoms with Gasteiger partial charge in [-0.25, -0.2) is 9.78 Å². The Morgan fingerprint density at radius 1 is 1.37 bits per heavy atom. The van der Waals surface area contributed by atoms with Crippen LogP contribution in [0.2, 0.25) is 0 Å². The van der Waals surface area contributed by atoms with E-state index in [0.717, 1.165) is 35.3 Å². The number of aromatic nitrogens is 2. The molecule has 0 bridgehead atoms. The maximum Gasteiger partial charge on any atom is 0.344 e. The number of nitrogens with zero attached hydrogens (tertiary/aromatic N) is 1. The second-order valence-corrected chi connectivity index (χ2v) is 4.51. The molecule has 0 aliphatic carbocycles. The van der Waals surface area contributed by atoms with E-state index in [4.69, 9.17) is 4.74 Å². The standard InChI is InChI=1S/C15H18N2O2/c1-3-4-7-19-14-6-5-11(2)8-13(14)12-9-16-15(18)17-10-12/h5-6,8-10H,3-4,7H2,1-2H3,(H,16,17,18). The lowest BCUT2D eigenvalue weighted by Crippen LogP contribution is -2.08. The molecule has 1 aromatic carbocycles. The SMILES string of the molecule is CCCCOc1ccc(C)cc1-c1cnc(=O)[nH]c1. The number of aryl methyl sites for hydroxylation is 1. The van der Waals surface area contributed by atoms with Gasteiger partial charge in [0.1, 0.15) is 5.75 Å². The number of hydrogen-bond acceptors (Lipinski definition) is 3. The van der Waals surface area contributed by atoms with Gasteiger partial charge in [0.15, 0.2) is 0 Å². The van der Waals surface area contributed by atoms with E-state index in [1.165, 1.54) is 0 Å². The Hall–Kier alpha value is -2.10. The maximum absolute atomic E-state index is 11.0. The van der Waals surface area contributed by atoms with Crippen LogP contribution in [0.15, 0.2) is 35.4 Å². The second-order valence-electron chi connectivity index (χ2n) is 4.51. The summed E-state index contributed by atoms with van der Waals surface area (Å²) < 4.78 is 5.80. The highest BCUT2D eigenvalue weighted by molar-refractivity contribution is 5.69. The van der Waals surface area contributed by atoms with Gasteiger partial charge in [0.05, 0.1) is 6.61 Å². The summed E-state index contributed by atoms with van der Waals surface area (Å²) >= 11 is 0. The van der Waals surface area contributed by atoms with Crippen LogP contribution in [-0.2, 0) is 0 Å². The van der Waals surface area contributed by atoms with Crippen LogP contribution in [0, 0.1) is 6.92 Å². The van der Waals surface area contributed by atoms with E-state index in [2.05, 4.69) is 16.9 Å². The molecule has 0 spiro atoms. The van der Waals surface area contributed by atoms with Crippen molar-refractivity contribution >= 4 is 0 Å². The molecule has 0 amide bonds. The number of benzene rings is 1. The van der Waals surface area contributed by atoms with Gasteiger partial charge in [-0.2, -0.15) is 0 Å². The lowest BCUT2D eigenvalue weighted by molar-refractivity contribution is 0.310. The zero-order valence-electron chi connectivity index (χ0n) is 11.3. The number of rotatable bonds is 5. The van der Waals surface area contributed by atoms with E-state index < -0.39 is 0 Å². The minimum atomic E-state index is -0.343. The molecular weight excluding hydrogens is 240 g/mol. The van der Waals surface area contributed by atoms with Crippen LogP contribution in [-0.4, -0.2) is 16.6 Å². The Morgan fingerprint density at radius 3 is 2.89 bits per heavy atom. The van der Waals surface area contributed by atoms with Crippen molar-refractivity contribution in [2.45, 2.75) is 26.7 Å². The van der Waals surface area contributed by atoms with E-state index in [0.29, 0.717) is 6.61 Å². The van der Waals surface area contributed by atoms with E-state index in [-0.39, 0.29) is 5.69 Å². The summed E-state index contributed by atoms with van der Waals surface area (Å²) in [5, 5.41) is 0. The van der Waals surface area contributed by atoms with Gasteiger partial charge in [-0.1, -0.05) is 25.0 Å². The Labute approximate surface area is 112 Å². The summed E-state index contributed by atoms with van der Waals surface area (Å²) in [6.07, 6.45) is 5.36. The van der Waals surface area contributed by atoms with Crippen LogP contribution in [0.3, 0.4) is 0 Å². The van der Waals surface area contributed by atoms with Crippen molar-refractivity contribution in [2.24, 2.45) is 0 Å². The van der Waals surface area contributed by atoms with Crippen LogP contribution in [0.5, 0.6) is 5.75 Å². The molecule has 1 N–H and O–H groups in total. The van der Waals surface area contributed by atoms with Gasteiger partial charge in [-0.15, -0.1) is 0 Å². The van der Waals surface area contributed by atoms with Crippen molar-refractivity contribution in [2.75, 3.05) is 6.61 Å². The van der Waals surface area contributed by atoms with Gasteiger partial charge >= 0.3 is 5.69 Å². The molecule has 2 rings (SSSR count). The number of nitrogens with one attached hydrogen (secondary N) is 1. The average molecular weight is 258 g/mol. The maximum atomic E-state index is 11.0. The van der Waals surface area contributed by atoms with E-state index in [1.807, 2.05) is 25.1 Å². The molecule has 0 unspecified atom stereocenters. The molecule has 0 saturated heterocycles. The number of ether oxygens (including phenoxy) is 1. The molecule has 0 saturated carbocycles. The Bertz CT molecular complexity index is 585. The minimum Gasteiger partial charge on any atom is -0.493 e. The fourth-order valence-corrected chi connectivity index (χ4v) is 1.81. The molecule has 0 fully saturated rings. The Morgan fingerprint density at radius 2 is 2.21 bits per heavy atom. The lowest BCUT2D eigenvalue weighted by Gasteiger charge is -2.12. The second kappa shape index (κ2) is 6.18. The first-order chi connectivity index (χ1) is 9.20. The van der Waals surface area contributed by atoms with Crippen molar-refractivity contribution in [1.82, 2.24) is 9.97 Å². The highest BCUT2D eigenvalue weighted by Crippen LogP contribution is 2.30. The molecule has 0 aliphatic rings. The molecule has 2 aromatic rings. The van der Waals surface area contributed by atoms with Gasteiger partial charge in [0.25, 0.3) is 0 Å². The third kappa shape index (κ3) is 3.44. The van der Waals surface area contributed by atoms with Crippen molar-refractivity contribution in [3.63, 3.8) is 0 Å². The van der Waals surface area contributed by atoms with Crippen molar-refractivity contribution in [3.8, 4) is 16.9 Å². The smallest absolute Gasteiger partial charge is 0.344 e. The third-order valence-corrected chi connectivity index (χ3v) is 2.87.